The van der Waals surface area contributed by atoms with E-state index >= 15 is 0 Å². The van der Waals surface area contributed by atoms with Crippen molar-refractivity contribution in [1.82, 2.24) is 5.32 Å². The van der Waals surface area contributed by atoms with Gasteiger partial charge in [-0.15, -0.1) is 0 Å². The SMILES string of the molecule is CCC(CC)(NC(=O)c1cc(O)ccc1Cl)/C(N)=N/O. The highest BCUT2D eigenvalue weighted by Crippen LogP contribution is 2.23. The normalized spacial score (nSPS) is 12.2. The number of oxime groups is 1. The predicted octanol–water partition coefficient (Wildman–Crippen LogP) is 2.08. The highest BCUT2D eigenvalue weighted by Gasteiger charge is 2.34. The highest BCUT2D eigenvalue weighted by molar-refractivity contribution is 6.34. The molecule has 5 N–H and O–H groups in total. The average molecular weight is 300 g/mol. The molecule has 0 radical (unpaired) electrons. The summed E-state index contributed by atoms with van der Waals surface area (Å²) in [4.78, 5) is 12.3. The number of nitrogens with two attached hydrogens (primary N) is 1. The van der Waals surface area contributed by atoms with Crippen molar-refractivity contribution in [3.63, 3.8) is 0 Å². The Morgan fingerprint density at radius 1 is 1.45 bits per heavy atom. The van der Waals surface area contributed by atoms with E-state index in [0.717, 1.165) is 0 Å². The zero-order valence-electron chi connectivity index (χ0n) is 11.4. The van der Waals surface area contributed by atoms with Crippen molar-refractivity contribution in [2.75, 3.05) is 0 Å². The lowest BCUT2D eigenvalue weighted by molar-refractivity contribution is 0.0917. The van der Waals surface area contributed by atoms with Crippen molar-refractivity contribution in [3.8, 4) is 5.75 Å². The second-order valence-electron chi connectivity index (χ2n) is 4.39. The summed E-state index contributed by atoms with van der Waals surface area (Å²) in [5, 5.41) is 24.2. The summed E-state index contributed by atoms with van der Waals surface area (Å²) >= 11 is 5.94. The third kappa shape index (κ3) is 3.14. The molecule has 7 heteroatoms. The van der Waals surface area contributed by atoms with Gasteiger partial charge >= 0.3 is 0 Å². The zero-order valence-corrected chi connectivity index (χ0v) is 12.1. The minimum atomic E-state index is -0.958. The Labute approximate surface area is 122 Å². The van der Waals surface area contributed by atoms with Gasteiger partial charge in [0, 0.05) is 0 Å². The number of carbonyl (C=O) groups excluding carboxylic acids is 1. The Bertz CT molecular complexity index is 528. The first kappa shape index (κ1) is 16.1. The number of nitrogens with one attached hydrogen (secondary N) is 1. The molecule has 1 rings (SSSR count). The summed E-state index contributed by atoms with van der Waals surface area (Å²) in [5.74, 6) is -0.643. The lowest BCUT2D eigenvalue weighted by Gasteiger charge is -2.31. The molecule has 0 heterocycles. The molecule has 0 fully saturated rings. The molecule has 0 aromatic heterocycles. The van der Waals surface area contributed by atoms with Crippen LogP contribution in [0.15, 0.2) is 23.4 Å². The Balaban J connectivity index is 3.12. The lowest BCUT2D eigenvalue weighted by atomic mass is 9.91. The molecule has 0 saturated carbocycles. The molecule has 0 saturated heterocycles. The van der Waals surface area contributed by atoms with Crippen LogP contribution in [0, 0.1) is 0 Å². The molecule has 0 aliphatic heterocycles. The summed E-state index contributed by atoms with van der Waals surface area (Å²) in [5.41, 5.74) is 4.84. The van der Waals surface area contributed by atoms with Crippen LogP contribution in [0.25, 0.3) is 0 Å². The van der Waals surface area contributed by atoms with Crippen LogP contribution >= 0.6 is 11.6 Å². The Morgan fingerprint density at radius 2 is 2.05 bits per heavy atom. The fraction of sp³-hybridized carbons (Fsp3) is 0.385. The first-order valence-electron chi connectivity index (χ1n) is 6.19. The van der Waals surface area contributed by atoms with E-state index < -0.39 is 11.4 Å². The summed E-state index contributed by atoms with van der Waals surface area (Å²) in [6.45, 7) is 3.62. The molecule has 0 unspecified atom stereocenters. The van der Waals surface area contributed by atoms with E-state index in [1.807, 2.05) is 13.8 Å². The number of hydrogen-bond acceptors (Lipinski definition) is 4. The molecule has 0 bridgehead atoms. The molecular weight excluding hydrogens is 282 g/mol. The number of amides is 1. The lowest BCUT2D eigenvalue weighted by Crippen LogP contribution is -2.56. The van der Waals surface area contributed by atoms with Crippen molar-refractivity contribution < 1.29 is 15.1 Å². The molecule has 0 aliphatic rings. The summed E-state index contributed by atoms with van der Waals surface area (Å²) < 4.78 is 0. The smallest absolute Gasteiger partial charge is 0.253 e. The van der Waals surface area contributed by atoms with Gasteiger partial charge in [0.05, 0.1) is 10.6 Å². The minimum Gasteiger partial charge on any atom is -0.508 e. The summed E-state index contributed by atoms with van der Waals surface area (Å²) in [7, 11) is 0. The predicted molar refractivity (Wildman–Crippen MR) is 77.3 cm³/mol. The fourth-order valence-corrected chi connectivity index (χ4v) is 2.12. The number of halogens is 1. The largest absolute Gasteiger partial charge is 0.508 e. The number of hydrogen-bond donors (Lipinski definition) is 4. The van der Waals surface area contributed by atoms with E-state index in [1.54, 1.807) is 0 Å². The standard InChI is InChI=1S/C13H18ClN3O3/c1-3-13(4-2,12(15)17-20)16-11(19)9-7-8(18)5-6-10(9)14/h5-7,18,20H,3-4H2,1-2H3,(H2,15,17)(H,16,19). The van der Waals surface area contributed by atoms with Gasteiger partial charge in [-0.25, -0.2) is 0 Å². The van der Waals surface area contributed by atoms with Gasteiger partial charge in [-0.1, -0.05) is 30.6 Å². The van der Waals surface area contributed by atoms with Crippen molar-refractivity contribution in [1.29, 1.82) is 0 Å². The molecule has 0 aliphatic carbocycles. The topological polar surface area (TPSA) is 108 Å². The molecule has 0 atom stereocenters. The van der Waals surface area contributed by atoms with Crippen LogP contribution in [0.5, 0.6) is 5.75 Å². The quantitative estimate of drug-likeness (QED) is 0.289. The first-order chi connectivity index (χ1) is 9.40. The van der Waals surface area contributed by atoms with E-state index in [0.29, 0.717) is 12.8 Å². The summed E-state index contributed by atoms with van der Waals surface area (Å²) in [6.07, 6.45) is 0.892. The van der Waals surface area contributed by atoms with Crippen LogP contribution in [-0.4, -0.2) is 27.6 Å². The van der Waals surface area contributed by atoms with Crippen LogP contribution in [0.4, 0.5) is 0 Å². The van der Waals surface area contributed by atoms with Crippen molar-refractivity contribution in [3.05, 3.63) is 28.8 Å². The molecular formula is C13H18ClN3O3. The molecule has 20 heavy (non-hydrogen) atoms. The second kappa shape index (κ2) is 6.47. The Kier molecular flexibility index (Phi) is 5.21. The van der Waals surface area contributed by atoms with Gasteiger partial charge in [-0.3, -0.25) is 4.79 Å². The number of amidine groups is 1. The van der Waals surface area contributed by atoms with Gasteiger partial charge < -0.3 is 21.4 Å². The number of aromatic hydroxyl groups is 1. The number of phenolic OH excluding ortho intramolecular Hbond substituents is 1. The monoisotopic (exact) mass is 299 g/mol. The van der Waals surface area contributed by atoms with Crippen molar-refractivity contribution in [2.45, 2.75) is 32.2 Å². The molecule has 110 valence electrons. The number of nitrogens with zero attached hydrogens (tertiary/aromatic N) is 1. The van der Waals surface area contributed by atoms with E-state index in [2.05, 4.69) is 10.5 Å². The molecule has 1 aromatic carbocycles. The van der Waals surface area contributed by atoms with E-state index in [4.69, 9.17) is 22.5 Å². The summed E-state index contributed by atoms with van der Waals surface area (Å²) in [6, 6.07) is 4.07. The molecule has 0 spiro atoms. The Morgan fingerprint density at radius 3 is 2.55 bits per heavy atom. The maximum atomic E-state index is 12.3. The first-order valence-corrected chi connectivity index (χ1v) is 6.57. The average Bonchev–Trinajstić information content (AvgIpc) is 2.46. The van der Waals surface area contributed by atoms with Crippen molar-refractivity contribution in [2.24, 2.45) is 10.9 Å². The fourth-order valence-electron chi connectivity index (χ4n) is 1.92. The maximum absolute atomic E-state index is 12.3. The maximum Gasteiger partial charge on any atom is 0.253 e. The van der Waals surface area contributed by atoms with E-state index in [1.165, 1.54) is 18.2 Å². The van der Waals surface area contributed by atoms with Gasteiger partial charge in [-0.05, 0) is 31.0 Å². The van der Waals surface area contributed by atoms with E-state index in [-0.39, 0.29) is 22.2 Å². The zero-order chi connectivity index (χ0) is 15.3. The van der Waals surface area contributed by atoms with Crippen molar-refractivity contribution >= 4 is 23.3 Å². The third-order valence-electron chi connectivity index (χ3n) is 3.35. The highest BCUT2D eigenvalue weighted by atomic mass is 35.5. The van der Waals surface area contributed by atoms with E-state index in [9.17, 15) is 9.90 Å². The van der Waals surface area contributed by atoms with Gasteiger partial charge in [0.1, 0.15) is 11.3 Å². The number of carbonyl (C=O) groups is 1. The number of rotatable bonds is 5. The number of phenols is 1. The third-order valence-corrected chi connectivity index (χ3v) is 3.68. The van der Waals surface area contributed by atoms with Crippen LogP contribution in [0.1, 0.15) is 37.0 Å². The van der Waals surface area contributed by atoms with Gasteiger partial charge in [0.15, 0.2) is 5.84 Å². The second-order valence-corrected chi connectivity index (χ2v) is 4.80. The Hall–Kier alpha value is -1.95. The number of benzene rings is 1. The van der Waals surface area contributed by atoms with Gasteiger partial charge in [0.2, 0.25) is 0 Å². The molecule has 1 amide bonds. The molecule has 1 aromatic rings. The minimum absolute atomic E-state index is 0.0676. The van der Waals surface area contributed by atoms with Crippen LogP contribution < -0.4 is 11.1 Å². The van der Waals surface area contributed by atoms with Gasteiger partial charge in [-0.2, -0.15) is 0 Å². The van der Waals surface area contributed by atoms with Gasteiger partial charge in [0.25, 0.3) is 5.91 Å². The van der Waals surface area contributed by atoms with Crippen LogP contribution in [0.2, 0.25) is 5.02 Å². The molecule has 6 nitrogen and oxygen atoms in total. The van der Waals surface area contributed by atoms with Crippen LogP contribution in [-0.2, 0) is 0 Å². The van der Waals surface area contributed by atoms with Crippen LogP contribution in [0.3, 0.4) is 0 Å².